The first-order valence-electron chi connectivity index (χ1n) is 5.10. The average molecular weight is 227 g/mol. The van der Waals surface area contributed by atoms with Gasteiger partial charge in [-0.1, -0.05) is 18.2 Å². The summed E-state index contributed by atoms with van der Waals surface area (Å²) in [6.07, 6.45) is 3.12. The number of benzene rings is 1. The smallest absolute Gasteiger partial charge is 0.352 e. The quantitative estimate of drug-likeness (QED) is 0.703. The van der Waals surface area contributed by atoms with Crippen LogP contribution in [0.3, 0.4) is 0 Å². The van der Waals surface area contributed by atoms with Crippen molar-refractivity contribution in [2.45, 2.75) is 0 Å². The van der Waals surface area contributed by atoms with Gasteiger partial charge in [0, 0.05) is 5.39 Å². The first kappa shape index (κ1) is 9.65. The fourth-order valence-electron chi connectivity index (χ4n) is 1.94. The lowest BCUT2D eigenvalue weighted by Crippen LogP contribution is -2.06. The third-order valence-corrected chi connectivity index (χ3v) is 2.65. The van der Waals surface area contributed by atoms with Crippen LogP contribution in [-0.2, 0) is 0 Å². The number of nitrogens with zero attached hydrogens (tertiary/aromatic N) is 2. The van der Waals surface area contributed by atoms with Gasteiger partial charge >= 0.3 is 5.97 Å². The number of rotatable bonds is 2. The van der Waals surface area contributed by atoms with Crippen molar-refractivity contribution < 1.29 is 9.90 Å². The van der Waals surface area contributed by atoms with Gasteiger partial charge in [-0.2, -0.15) is 0 Å². The maximum atomic E-state index is 11.2. The highest BCUT2D eigenvalue weighted by atomic mass is 16.4. The van der Waals surface area contributed by atoms with E-state index in [9.17, 15) is 9.90 Å². The van der Waals surface area contributed by atoms with E-state index in [0.29, 0.717) is 5.82 Å². The van der Waals surface area contributed by atoms with E-state index >= 15 is 0 Å². The Morgan fingerprint density at radius 1 is 1.35 bits per heavy atom. The molecule has 5 heteroatoms. The largest absolute Gasteiger partial charge is 0.477 e. The highest BCUT2D eigenvalue weighted by molar-refractivity contribution is 5.95. The van der Waals surface area contributed by atoms with Crippen molar-refractivity contribution in [1.82, 2.24) is 14.5 Å². The van der Waals surface area contributed by atoms with Gasteiger partial charge in [0.1, 0.15) is 11.5 Å². The molecule has 5 nitrogen and oxygen atoms in total. The van der Waals surface area contributed by atoms with Crippen LogP contribution in [0.1, 0.15) is 10.5 Å². The van der Waals surface area contributed by atoms with Crippen LogP contribution in [-0.4, -0.2) is 25.6 Å². The highest BCUT2D eigenvalue weighted by Crippen LogP contribution is 2.23. The predicted molar refractivity (Wildman–Crippen MR) is 62.4 cm³/mol. The minimum atomic E-state index is -0.962. The van der Waals surface area contributed by atoms with E-state index in [1.54, 1.807) is 16.8 Å². The van der Waals surface area contributed by atoms with Crippen molar-refractivity contribution in [2.75, 3.05) is 0 Å². The van der Waals surface area contributed by atoms with Gasteiger partial charge in [0.05, 0.1) is 18.0 Å². The summed E-state index contributed by atoms with van der Waals surface area (Å²) in [5.41, 5.74) is 1.06. The molecule has 0 saturated carbocycles. The number of para-hydroxylation sites is 1. The van der Waals surface area contributed by atoms with Gasteiger partial charge in [-0.3, -0.25) is 4.57 Å². The lowest BCUT2D eigenvalue weighted by Gasteiger charge is -2.04. The average Bonchev–Trinajstić information content (AvgIpc) is 2.94. The molecule has 2 heterocycles. The van der Waals surface area contributed by atoms with E-state index in [-0.39, 0.29) is 5.69 Å². The van der Waals surface area contributed by atoms with Gasteiger partial charge < -0.3 is 10.1 Å². The number of carboxylic acid groups (broad SMARTS) is 1. The molecule has 17 heavy (non-hydrogen) atoms. The molecular formula is C12H9N3O2. The number of aromatic amines is 1. The molecule has 0 aliphatic heterocycles. The Morgan fingerprint density at radius 3 is 2.88 bits per heavy atom. The number of nitrogens with one attached hydrogen (secondary N) is 1. The Balaban J connectivity index is 2.40. The SMILES string of the molecule is O=C(O)c1cc2ccccc2n1-c1cnc[nH]1. The zero-order chi connectivity index (χ0) is 11.8. The summed E-state index contributed by atoms with van der Waals surface area (Å²) in [6.45, 7) is 0. The van der Waals surface area contributed by atoms with Crippen molar-refractivity contribution in [3.8, 4) is 5.82 Å². The molecule has 0 saturated heterocycles. The molecule has 1 aromatic carbocycles. The molecule has 3 rings (SSSR count). The van der Waals surface area contributed by atoms with Crippen LogP contribution in [0.15, 0.2) is 42.9 Å². The predicted octanol–water partition coefficient (Wildman–Crippen LogP) is 2.05. The Morgan fingerprint density at radius 2 is 2.18 bits per heavy atom. The summed E-state index contributed by atoms with van der Waals surface area (Å²) in [4.78, 5) is 18.1. The zero-order valence-corrected chi connectivity index (χ0v) is 8.79. The van der Waals surface area contributed by atoms with E-state index in [0.717, 1.165) is 10.9 Å². The summed E-state index contributed by atoms with van der Waals surface area (Å²) in [5, 5.41) is 10.1. The first-order valence-corrected chi connectivity index (χ1v) is 5.10. The minimum absolute atomic E-state index is 0.218. The van der Waals surface area contributed by atoms with Crippen LogP contribution in [0.4, 0.5) is 0 Å². The molecule has 0 atom stereocenters. The molecule has 0 spiro atoms. The minimum Gasteiger partial charge on any atom is -0.477 e. The fraction of sp³-hybridized carbons (Fsp3) is 0. The summed E-state index contributed by atoms with van der Waals surface area (Å²) in [6, 6.07) is 9.17. The van der Waals surface area contributed by atoms with Gasteiger partial charge in [-0.05, 0) is 12.1 Å². The second-order valence-corrected chi connectivity index (χ2v) is 3.67. The van der Waals surface area contributed by atoms with Crippen molar-refractivity contribution in [1.29, 1.82) is 0 Å². The normalized spacial score (nSPS) is 10.8. The van der Waals surface area contributed by atoms with Crippen molar-refractivity contribution >= 4 is 16.9 Å². The molecule has 0 aliphatic carbocycles. The summed E-state index contributed by atoms with van der Waals surface area (Å²) < 4.78 is 1.64. The summed E-state index contributed by atoms with van der Waals surface area (Å²) in [7, 11) is 0. The van der Waals surface area contributed by atoms with E-state index < -0.39 is 5.97 Å². The van der Waals surface area contributed by atoms with E-state index in [1.807, 2.05) is 24.3 Å². The first-order chi connectivity index (χ1) is 8.27. The summed E-state index contributed by atoms with van der Waals surface area (Å²) >= 11 is 0. The lowest BCUT2D eigenvalue weighted by atomic mass is 10.2. The Labute approximate surface area is 96.3 Å². The Bertz CT molecular complexity index is 683. The number of hydrogen-bond acceptors (Lipinski definition) is 2. The monoisotopic (exact) mass is 227 g/mol. The zero-order valence-electron chi connectivity index (χ0n) is 8.79. The topological polar surface area (TPSA) is 70.9 Å². The number of fused-ring (bicyclic) bond motifs is 1. The van der Waals surface area contributed by atoms with Gasteiger partial charge in [0.15, 0.2) is 0 Å². The Kier molecular flexibility index (Phi) is 1.98. The lowest BCUT2D eigenvalue weighted by molar-refractivity contribution is 0.0688. The van der Waals surface area contributed by atoms with Crippen molar-refractivity contribution in [2.24, 2.45) is 0 Å². The molecule has 0 bridgehead atoms. The number of aromatic carboxylic acids is 1. The molecule has 0 radical (unpaired) electrons. The van der Waals surface area contributed by atoms with Crippen LogP contribution in [0.5, 0.6) is 0 Å². The molecule has 3 aromatic rings. The number of H-pyrrole nitrogens is 1. The molecule has 2 N–H and O–H groups in total. The molecule has 84 valence electrons. The molecule has 2 aromatic heterocycles. The number of hydrogen-bond donors (Lipinski definition) is 2. The van der Waals surface area contributed by atoms with Crippen molar-refractivity contribution in [3.63, 3.8) is 0 Å². The van der Waals surface area contributed by atoms with Gasteiger partial charge in [0.25, 0.3) is 0 Å². The van der Waals surface area contributed by atoms with Gasteiger partial charge in [-0.15, -0.1) is 0 Å². The standard InChI is InChI=1S/C12H9N3O2/c16-12(17)10-5-8-3-1-2-4-9(8)15(10)11-6-13-7-14-11/h1-7H,(H,13,14)(H,16,17). The van der Waals surface area contributed by atoms with Crippen LogP contribution in [0.2, 0.25) is 0 Å². The molecule has 0 unspecified atom stereocenters. The van der Waals surface area contributed by atoms with Crippen LogP contribution in [0, 0.1) is 0 Å². The third-order valence-electron chi connectivity index (χ3n) is 2.65. The molecule has 0 fully saturated rings. The van der Waals surface area contributed by atoms with Crippen LogP contribution in [0.25, 0.3) is 16.7 Å². The number of imidazole rings is 1. The fourth-order valence-corrected chi connectivity index (χ4v) is 1.94. The number of aromatic nitrogens is 3. The second-order valence-electron chi connectivity index (χ2n) is 3.67. The highest BCUT2D eigenvalue weighted by Gasteiger charge is 2.16. The maximum absolute atomic E-state index is 11.2. The van der Waals surface area contributed by atoms with Gasteiger partial charge in [0.2, 0.25) is 0 Å². The second kappa shape index (κ2) is 3.48. The number of carboxylic acids is 1. The van der Waals surface area contributed by atoms with Crippen molar-refractivity contribution in [3.05, 3.63) is 48.5 Å². The Hall–Kier alpha value is -2.56. The van der Waals surface area contributed by atoms with Gasteiger partial charge in [-0.25, -0.2) is 9.78 Å². The van der Waals surface area contributed by atoms with E-state index in [2.05, 4.69) is 9.97 Å². The molecular weight excluding hydrogens is 218 g/mol. The van der Waals surface area contributed by atoms with Crippen LogP contribution < -0.4 is 0 Å². The number of carbonyl (C=O) groups is 1. The van der Waals surface area contributed by atoms with Crippen LogP contribution >= 0.6 is 0 Å². The van der Waals surface area contributed by atoms with E-state index in [1.165, 1.54) is 6.33 Å². The molecule has 0 amide bonds. The maximum Gasteiger partial charge on any atom is 0.352 e. The molecule has 0 aliphatic rings. The van der Waals surface area contributed by atoms with E-state index in [4.69, 9.17) is 0 Å². The summed E-state index contributed by atoms with van der Waals surface area (Å²) in [5.74, 6) is -0.320. The third kappa shape index (κ3) is 1.40.